The molecular formula is C13H25NO4S. The molecule has 6 heteroatoms. The van der Waals surface area contributed by atoms with Gasteiger partial charge in [0.2, 0.25) is 10.0 Å². The van der Waals surface area contributed by atoms with Crippen molar-refractivity contribution in [1.82, 2.24) is 4.31 Å². The largest absolute Gasteiger partial charge is 0.480 e. The number of sulfonamides is 1. The van der Waals surface area contributed by atoms with E-state index in [4.69, 9.17) is 0 Å². The molecule has 0 spiro atoms. The minimum atomic E-state index is -3.45. The van der Waals surface area contributed by atoms with Crippen molar-refractivity contribution < 1.29 is 18.3 Å². The van der Waals surface area contributed by atoms with Gasteiger partial charge in [-0.2, -0.15) is 4.31 Å². The number of aliphatic carboxylic acids is 1. The minimum absolute atomic E-state index is 0.0469. The van der Waals surface area contributed by atoms with Crippen LogP contribution in [0.3, 0.4) is 0 Å². The van der Waals surface area contributed by atoms with E-state index in [1.165, 1.54) is 4.31 Å². The highest BCUT2D eigenvalue weighted by molar-refractivity contribution is 7.89. The van der Waals surface area contributed by atoms with Gasteiger partial charge in [0.25, 0.3) is 0 Å². The van der Waals surface area contributed by atoms with Gasteiger partial charge in [0.15, 0.2) is 0 Å². The average molecular weight is 291 g/mol. The van der Waals surface area contributed by atoms with E-state index in [-0.39, 0.29) is 5.75 Å². The summed E-state index contributed by atoms with van der Waals surface area (Å²) in [6.07, 6.45) is 2.68. The van der Waals surface area contributed by atoms with E-state index in [1.807, 2.05) is 20.8 Å². The summed E-state index contributed by atoms with van der Waals surface area (Å²) in [5.41, 5.74) is 0. The first-order chi connectivity index (χ1) is 8.77. The van der Waals surface area contributed by atoms with Crippen molar-refractivity contribution in [2.75, 3.05) is 12.3 Å². The normalized spacial score (nSPS) is 25.7. The van der Waals surface area contributed by atoms with Crippen LogP contribution in [0.4, 0.5) is 0 Å². The van der Waals surface area contributed by atoms with E-state index in [0.29, 0.717) is 31.2 Å². The summed E-state index contributed by atoms with van der Waals surface area (Å²) in [7, 11) is -3.45. The molecule has 0 bridgehead atoms. The van der Waals surface area contributed by atoms with E-state index in [1.54, 1.807) is 0 Å². The third kappa shape index (κ3) is 4.45. The summed E-state index contributed by atoms with van der Waals surface area (Å²) in [4.78, 5) is 11.3. The Balaban J connectivity index is 2.81. The average Bonchev–Trinajstić information content (AvgIpc) is 2.35. The smallest absolute Gasteiger partial charge is 0.322 e. The van der Waals surface area contributed by atoms with E-state index >= 15 is 0 Å². The topological polar surface area (TPSA) is 74.7 Å². The van der Waals surface area contributed by atoms with Crippen LogP contribution < -0.4 is 0 Å². The second kappa shape index (κ2) is 6.70. The molecule has 0 aromatic heterocycles. The van der Waals surface area contributed by atoms with Crippen LogP contribution in [0.5, 0.6) is 0 Å². The van der Waals surface area contributed by atoms with Crippen molar-refractivity contribution in [2.45, 2.75) is 52.5 Å². The summed E-state index contributed by atoms with van der Waals surface area (Å²) in [5.74, 6) is -0.360. The SMILES string of the molecule is CCC1CCN(S(=O)(=O)CCC(C)C)C(C(=O)O)C1. The number of hydrogen-bond donors (Lipinski definition) is 1. The molecule has 2 atom stereocenters. The Morgan fingerprint density at radius 1 is 1.42 bits per heavy atom. The molecular weight excluding hydrogens is 266 g/mol. The molecule has 19 heavy (non-hydrogen) atoms. The molecule has 0 aliphatic carbocycles. The number of piperidine rings is 1. The minimum Gasteiger partial charge on any atom is -0.480 e. The summed E-state index contributed by atoms with van der Waals surface area (Å²) in [5, 5.41) is 9.26. The zero-order valence-corrected chi connectivity index (χ0v) is 12.8. The van der Waals surface area contributed by atoms with Gasteiger partial charge in [-0.15, -0.1) is 0 Å². The van der Waals surface area contributed by atoms with Crippen LogP contribution in [0.15, 0.2) is 0 Å². The van der Waals surface area contributed by atoms with Gasteiger partial charge in [0, 0.05) is 6.54 Å². The van der Waals surface area contributed by atoms with Crippen molar-refractivity contribution in [3.63, 3.8) is 0 Å². The zero-order chi connectivity index (χ0) is 14.6. The number of carboxylic acids is 1. The zero-order valence-electron chi connectivity index (χ0n) is 12.0. The Morgan fingerprint density at radius 3 is 2.53 bits per heavy atom. The first-order valence-electron chi connectivity index (χ1n) is 7.00. The molecule has 1 heterocycles. The molecule has 5 nitrogen and oxygen atoms in total. The fraction of sp³-hybridized carbons (Fsp3) is 0.923. The fourth-order valence-electron chi connectivity index (χ4n) is 2.45. The molecule has 0 aromatic carbocycles. The Morgan fingerprint density at radius 2 is 2.05 bits per heavy atom. The molecule has 0 radical (unpaired) electrons. The van der Waals surface area contributed by atoms with Crippen molar-refractivity contribution in [3.05, 3.63) is 0 Å². The van der Waals surface area contributed by atoms with Crippen LogP contribution in [-0.4, -0.2) is 42.1 Å². The van der Waals surface area contributed by atoms with Gasteiger partial charge in [-0.05, 0) is 31.1 Å². The van der Waals surface area contributed by atoms with Gasteiger partial charge in [-0.1, -0.05) is 27.2 Å². The van der Waals surface area contributed by atoms with Crippen LogP contribution in [-0.2, 0) is 14.8 Å². The standard InChI is InChI=1S/C13H25NO4S/c1-4-11-5-7-14(12(9-11)13(15)16)19(17,18)8-6-10(2)3/h10-12H,4-9H2,1-3H3,(H,15,16). The molecule has 1 aliphatic heterocycles. The third-order valence-electron chi connectivity index (χ3n) is 3.83. The molecule has 112 valence electrons. The van der Waals surface area contributed by atoms with Gasteiger partial charge in [0.05, 0.1) is 5.75 Å². The highest BCUT2D eigenvalue weighted by Gasteiger charge is 2.39. The Hall–Kier alpha value is -0.620. The predicted octanol–water partition coefficient (Wildman–Crippen LogP) is 1.94. The number of rotatable bonds is 6. The van der Waals surface area contributed by atoms with Gasteiger partial charge in [-0.3, -0.25) is 4.79 Å². The third-order valence-corrected chi connectivity index (χ3v) is 5.74. The Kier molecular flexibility index (Phi) is 5.80. The molecule has 0 amide bonds. The van der Waals surface area contributed by atoms with Crippen LogP contribution in [0, 0.1) is 11.8 Å². The quantitative estimate of drug-likeness (QED) is 0.811. The lowest BCUT2D eigenvalue weighted by atomic mass is 9.90. The molecule has 1 rings (SSSR count). The van der Waals surface area contributed by atoms with Gasteiger partial charge in [0.1, 0.15) is 6.04 Å². The summed E-state index contributed by atoms with van der Waals surface area (Å²) in [6.45, 7) is 6.30. The molecule has 1 fully saturated rings. The van der Waals surface area contributed by atoms with E-state index in [9.17, 15) is 18.3 Å². The van der Waals surface area contributed by atoms with E-state index in [2.05, 4.69) is 0 Å². The van der Waals surface area contributed by atoms with Gasteiger partial charge >= 0.3 is 5.97 Å². The summed E-state index contributed by atoms with van der Waals surface area (Å²) >= 11 is 0. The Bertz CT molecular complexity index is 405. The lowest BCUT2D eigenvalue weighted by Gasteiger charge is -2.36. The van der Waals surface area contributed by atoms with E-state index in [0.717, 1.165) is 12.8 Å². The monoisotopic (exact) mass is 291 g/mol. The molecule has 1 aliphatic rings. The van der Waals surface area contributed by atoms with Gasteiger partial charge in [-0.25, -0.2) is 8.42 Å². The second-order valence-corrected chi connectivity index (χ2v) is 7.80. The number of hydrogen-bond acceptors (Lipinski definition) is 3. The molecule has 0 aromatic rings. The van der Waals surface area contributed by atoms with Crippen molar-refractivity contribution in [1.29, 1.82) is 0 Å². The van der Waals surface area contributed by atoms with Crippen LogP contribution in [0.2, 0.25) is 0 Å². The van der Waals surface area contributed by atoms with Gasteiger partial charge < -0.3 is 5.11 Å². The van der Waals surface area contributed by atoms with Crippen LogP contribution in [0.1, 0.15) is 46.5 Å². The maximum atomic E-state index is 12.3. The molecule has 1 N–H and O–H groups in total. The lowest BCUT2D eigenvalue weighted by molar-refractivity contribution is -0.143. The Labute approximate surface area is 116 Å². The van der Waals surface area contributed by atoms with E-state index < -0.39 is 22.0 Å². The van der Waals surface area contributed by atoms with Crippen molar-refractivity contribution in [2.24, 2.45) is 11.8 Å². The maximum absolute atomic E-state index is 12.3. The van der Waals surface area contributed by atoms with Crippen molar-refractivity contribution in [3.8, 4) is 0 Å². The molecule has 0 saturated carbocycles. The molecule has 2 unspecified atom stereocenters. The summed E-state index contributed by atoms with van der Waals surface area (Å²) in [6, 6.07) is -0.879. The van der Waals surface area contributed by atoms with Crippen molar-refractivity contribution >= 4 is 16.0 Å². The first-order valence-corrected chi connectivity index (χ1v) is 8.61. The highest BCUT2D eigenvalue weighted by atomic mass is 32.2. The second-order valence-electron chi connectivity index (χ2n) is 5.76. The fourth-order valence-corrected chi connectivity index (χ4v) is 4.40. The van der Waals surface area contributed by atoms with Crippen LogP contribution in [0.25, 0.3) is 0 Å². The van der Waals surface area contributed by atoms with Crippen LogP contribution >= 0.6 is 0 Å². The highest BCUT2D eigenvalue weighted by Crippen LogP contribution is 2.28. The summed E-state index contributed by atoms with van der Waals surface area (Å²) < 4.78 is 25.7. The number of nitrogens with zero attached hydrogens (tertiary/aromatic N) is 1. The molecule has 1 saturated heterocycles. The number of carboxylic acid groups (broad SMARTS) is 1. The number of carbonyl (C=O) groups is 1. The lowest BCUT2D eigenvalue weighted by Crippen LogP contribution is -2.50. The first kappa shape index (κ1) is 16.4. The predicted molar refractivity (Wildman–Crippen MR) is 74.4 cm³/mol. The maximum Gasteiger partial charge on any atom is 0.322 e.